The molecule has 1 amide bonds. The first-order valence-electron chi connectivity index (χ1n) is 6.41. The van der Waals surface area contributed by atoms with Crippen LogP contribution in [0.5, 0.6) is 0 Å². The van der Waals surface area contributed by atoms with Crippen LogP contribution in [0, 0.1) is 5.82 Å². The normalized spacial score (nSPS) is 11.2. The largest absolute Gasteiger partial charge is 0.325 e. The molecule has 2 aromatic rings. The highest BCUT2D eigenvalue weighted by Gasteiger charge is 2.16. The fraction of sp³-hybridized carbons (Fsp3) is 0.133. The Hall–Kier alpha value is -1.92. The Morgan fingerprint density at radius 1 is 1.14 bits per heavy atom. The fourth-order valence-corrected chi connectivity index (χ4v) is 3.25. The van der Waals surface area contributed by atoms with Crippen molar-refractivity contribution in [2.75, 3.05) is 11.1 Å². The maximum Gasteiger partial charge on any atom is 0.225 e. The third-order valence-electron chi connectivity index (χ3n) is 2.91. The number of carbonyl (C=O) groups is 1. The van der Waals surface area contributed by atoms with E-state index in [2.05, 4.69) is 5.32 Å². The van der Waals surface area contributed by atoms with E-state index in [9.17, 15) is 17.6 Å². The molecule has 0 aliphatic rings. The van der Waals surface area contributed by atoms with Gasteiger partial charge in [-0.15, -0.1) is 0 Å². The molecule has 0 spiro atoms. The Bertz CT molecular complexity index is 779. The highest BCUT2D eigenvalue weighted by molar-refractivity contribution is 7.91. The van der Waals surface area contributed by atoms with Crippen LogP contribution in [0.2, 0.25) is 5.02 Å². The van der Waals surface area contributed by atoms with Crippen LogP contribution in [-0.2, 0) is 14.6 Å². The molecule has 0 radical (unpaired) electrons. The molecule has 0 aliphatic carbocycles. The Morgan fingerprint density at radius 2 is 1.82 bits per heavy atom. The molecule has 0 bridgehead atoms. The number of nitrogens with one attached hydrogen (secondary N) is 1. The van der Waals surface area contributed by atoms with Crippen molar-refractivity contribution in [3.05, 3.63) is 59.4 Å². The summed E-state index contributed by atoms with van der Waals surface area (Å²) in [4.78, 5) is 12.0. The summed E-state index contributed by atoms with van der Waals surface area (Å²) < 4.78 is 37.0. The van der Waals surface area contributed by atoms with Gasteiger partial charge in [-0.2, -0.15) is 0 Å². The van der Waals surface area contributed by atoms with E-state index in [1.807, 2.05) is 0 Å². The molecular formula is C15H13ClFNO3S. The fourth-order valence-electron chi connectivity index (χ4n) is 1.78. The van der Waals surface area contributed by atoms with Gasteiger partial charge in [0, 0.05) is 6.42 Å². The second-order valence-electron chi connectivity index (χ2n) is 4.55. The van der Waals surface area contributed by atoms with E-state index in [1.54, 1.807) is 18.2 Å². The summed E-state index contributed by atoms with van der Waals surface area (Å²) >= 11 is 5.79. The van der Waals surface area contributed by atoms with Gasteiger partial charge in [0.1, 0.15) is 5.82 Å². The summed E-state index contributed by atoms with van der Waals surface area (Å²) in [5.41, 5.74) is 0.241. The number of hydrogen-bond donors (Lipinski definition) is 1. The van der Waals surface area contributed by atoms with Crippen molar-refractivity contribution in [3.63, 3.8) is 0 Å². The monoisotopic (exact) mass is 341 g/mol. The van der Waals surface area contributed by atoms with E-state index < -0.39 is 21.6 Å². The molecule has 0 aliphatic heterocycles. The lowest BCUT2D eigenvalue weighted by Crippen LogP contribution is -2.17. The van der Waals surface area contributed by atoms with E-state index in [1.165, 1.54) is 18.2 Å². The quantitative estimate of drug-likeness (QED) is 0.907. The first-order chi connectivity index (χ1) is 10.4. The Kier molecular flexibility index (Phi) is 5.15. The molecule has 0 aromatic heterocycles. The van der Waals surface area contributed by atoms with E-state index in [0.29, 0.717) is 0 Å². The zero-order chi connectivity index (χ0) is 16.2. The van der Waals surface area contributed by atoms with Gasteiger partial charge in [-0.1, -0.05) is 29.8 Å². The number of halogens is 2. The summed E-state index contributed by atoms with van der Waals surface area (Å²) in [5.74, 6) is -1.34. The number of sulfone groups is 1. The molecule has 116 valence electrons. The lowest BCUT2D eigenvalue weighted by atomic mass is 10.3. The van der Waals surface area contributed by atoms with Crippen LogP contribution >= 0.6 is 11.6 Å². The van der Waals surface area contributed by atoms with Crippen LogP contribution < -0.4 is 5.32 Å². The number of carbonyl (C=O) groups excluding carboxylic acids is 1. The minimum atomic E-state index is -3.52. The SMILES string of the molecule is O=C(CCS(=O)(=O)c1ccccc1)Nc1ccc(F)cc1Cl. The number of anilines is 1. The van der Waals surface area contributed by atoms with Crippen molar-refractivity contribution in [2.24, 2.45) is 0 Å². The second kappa shape index (κ2) is 6.89. The number of amides is 1. The average Bonchev–Trinajstić information content (AvgIpc) is 2.49. The maximum atomic E-state index is 12.9. The molecule has 4 nitrogen and oxygen atoms in total. The minimum Gasteiger partial charge on any atom is -0.325 e. The van der Waals surface area contributed by atoms with Gasteiger partial charge in [-0.05, 0) is 30.3 Å². The van der Waals surface area contributed by atoms with Gasteiger partial charge in [0.25, 0.3) is 0 Å². The summed E-state index contributed by atoms with van der Waals surface area (Å²) in [6.45, 7) is 0. The van der Waals surface area contributed by atoms with Gasteiger partial charge in [0.15, 0.2) is 9.84 Å². The zero-order valence-electron chi connectivity index (χ0n) is 11.4. The highest BCUT2D eigenvalue weighted by Crippen LogP contribution is 2.22. The zero-order valence-corrected chi connectivity index (χ0v) is 13.0. The molecule has 2 rings (SSSR count). The van der Waals surface area contributed by atoms with E-state index in [-0.39, 0.29) is 27.8 Å². The molecule has 0 unspecified atom stereocenters. The predicted octanol–water partition coefficient (Wildman–Crippen LogP) is 3.28. The topological polar surface area (TPSA) is 63.2 Å². The summed E-state index contributed by atoms with van der Waals surface area (Å²) in [6.07, 6.45) is -0.217. The molecule has 2 aromatic carbocycles. The van der Waals surface area contributed by atoms with Crippen LogP contribution in [0.1, 0.15) is 6.42 Å². The van der Waals surface area contributed by atoms with Gasteiger partial charge < -0.3 is 5.32 Å². The number of benzene rings is 2. The Morgan fingerprint density at radius 3 is 2.45 bits per heavy atom. The van der Waals surface area contributed by atoms with Crippen molar-refractivity contribution in [1.29, 1.82) is 0 Å². The smallest absolute Gasteiger partial charge is 0.225 e. The molecular weight excluding hydrogens is 329 g/mol. The third kappa shape index (κ3) is 4.29. The molecule has 0 atom stereocenters. The van der Waals surface area contributed by atoms with Gasteiger partial charge in [0.2, 0.25) is 5.91 Å². The van der Waals surface area contributed by atoms with Crippen LogP contribution in [-0.4, -0.2) is 20.1 Å². The summed E-state index contributed by atoms with van der Waals surface area (Å²) in [7, 11) is -3.52. The first-order valence-corrected chi connectivity index (χ1v) is 8.44. The third-order valence-corrected chi connectivity index (χ3v) is 4.95. The predicted molar refractivity (Wildman–Crippen MR) is 83.2 cm³/mol. The van der Waals surface area contributed by atoms with Crippen LogP contribution in [0.4, 0.5) is 10.1 Å². The average molecular weight is 342 g/mol. The van der Waals surface area contributed by atoms with Gasteiger partial charge in [-0.3, -0.25) is 4.79 Å². The van der Waals surface area contributed by atoms with Crippen LogP contribution in [0.3, 0.4) is 0 Å². The van der Waals surface area contributed by atoms with Gasteiger partial charge >= 0.3 is 0 Å². The lowest BCUT2D eigenvalue weighted by molar-refractivity contribution is -0.115. The standard InChI is InChI=1S/C15H13ClFNO3S/c16-13-10-11(17)6-7-14(13)18-15(19)8-9-22(20,21)12-4-2-1-3-5-12/h1-7,10H,8-9H2,(H,18,19). The molecule has 0 saturated carbocycles. The van der Waals surface area contributed by atoms with E-state index in [4.69, 9.17) is 11.6 Å². The van der Waals surface area contributed by atoms with Crippen LogP contribution in [0.15, 0.2) is 53.4 Å². The Labute approximate surface area is 132 Å². The first kappa shape index (κ1) is 16.5. The second-order valence-corrected chi connectivity index (χ2v) is 7.07. The van der Waals surface area contributed by atoms with Gasteiger partial charge in [0.05, 0.1) is 21.4 Å². The lowest BCUT2D eigenvalue weighted by Gasteiger charge is -2.08. The van der Waals surface area contributed by atoms with Crippen LogP contribution in [0.25, 0.3) is 0 Å². The highest BCUT2D eigenvalue weighted by atomic mass is 35.5. The molecule has 0 saturated heterocycles. The molecule has 0 heterocycles. The van der Waals surface area contributed by atoms with E-state index in [0.717, 1.165) is 12.1 Å². The van der Waals surface area contributed by atoms with Gasteiger partial charge in [-0.25, -0.2) is 12.8 Å². The molecule has 7 heteroatoms. The molecule has 0 fully saturated rings. The summed E-state index contributed by atoms with van der Waals surface area (Å²) in [5, 5.41) is 2.51. The van der Waals surface area contributed by atoms with Crippen molar-refractivity contribution < 1.29 is 17.6 Å². The molecule has 1 N–H and O–H groups in total. The van der Waals surface area contributed by atoms with Crippen molar-refractivity contribution in [3.8, 4) is 0 Å². The Balaban J connectivity index is 1.98. The minimum absolute atomic E-state index is 0.0549. The maximum absolute atomic E-state index is 12.9. The van der Waals surface area contributed by atoms with E-state index >= 15 is 0 Å². The molecule has 22 heavy (non-hydrogen) atoms. The number of hydrogen-bond acceptors (Lipinski definition) is 3. The van der Waals surface area contributed by atoms with Crippen molar-refractivity contribution >= 4 is 33.0 Å². The van der Waals surface area contributed by atoms with Crippen molar-refractivity contribution in [2.45, 2.75) is 11.3 Å². The number of rotatable bonds is 5. The summed E-state index contributed by atoms with van der Waals surface area (Å²) in [6, 6.07) is 11.4. The van der Waals surface area contributed by atoms with Crippen molar-refractivity contribution in [1.82, 2.24) is 0 Å².